The normalized spacial score (nSPS) is 10.9. The fourth-order valence-electron chi connectivity index (χ4n) is 1.37. The molecule has 0 heterocycles. The quantitative estimate of drug-likeness (QED) is 0.747. The summed E-state index contributed by atoms with van der Waals surface area (Å²) in [4.78, 5) is 0.0352. The summed E-state index contributed by atoms with van der Waals surface area (Å²) in [6.45, 7) is 1.10. The number of hydrogen-bond donors (Lipinski definition) is 2. The Morgan fingerprint density at radius 1 is 1.32 bits per heavy atom. The smallest absolute Gasteiger partial charge is 0.242 e. The van der Waals surface area contributed by atoms with Crippen LogP contribution in [-0.4, -0.2) is 35.7 Å². The minimum atomic E-state index is -3.59. The highest BCUT2D eigenvalue weighted by Gasteiger charge is 2.18. The summed E-state index contributed by atoms with van der Waals surface area (Å²) in [6, 6.07) is 4.52. The Morgan fingerprint density at radius 2 is 2.00 bits per heavy atom. The van der Waals surface area contributed by atoms with Gasteiger partial charge in [-0.15, -0.1) is 12.4 Å². The van der Waals surface area contributed by atoms with Gasteiger partial charge in [0.2, 0.25) is 10.0 Å². The Bertz CT molecular complexity index is 495. The average molecular weight is 329 g/mol. The van der Waals surface area contributed by atoms with Gasteiger partial charge in [0.25, 0.3) is 0 Å². The van der Waals surface area contributed by atoms with Gasteiger partial charge in [0.05, 0.1) is 12.1 Å². The molecule has 0 fully saturated rings. The van der Waals surface area contributed by atoms with Crippen LogP contribution in [0.1, 0.15) is 6.42 Å². The number of rotatable bonds is 7. The summed E-state index contributed by atoms with van der Waals surface area (Å²) in [5.41, 5.74) is 0. The molecular formula is C11H18Cl2N2O3S. The number of ether oxygens (including phenoxy) is 1. The van der Waals surface area contributed by atoms with Crippen molar-refractivity contribution in [1.82, 2.24) is 10.0 Å². The second-order valence-corrected chi connectivity index (χ2v) is 5.79. The number of methoxy groups -OCH3 is 1. The summed E-state index contributed by atoms with van der Waals surface area (Å²) in [5.74, 6) is 0.454. The Hall–Kier alpha value is -0.530. The summed E-state index contributed by atoms with van der Waals surface area (Å²) < 4.78 is 31.5. The van der Waals surface area contributed by atoms with E-state index in [0.29, 0.717) is 18.7 Å². The SMILES string of the molecule is CNCCCNS(=O)(=O)c1cc(OC)ccc1Cl.Cl. The highest BCUT2D eigenvalue weighted by atomic mass is 35.5. The van der Waals surface area contributed by atoms with E-state index in [1.165, 1.54) is 19.2 Å². The fraction of sp³-hybridized carbons (Fsp3) is 0.455. The third-order valence-corrected chi connectivity index (χ3v) is 4.27. The third kappa shape index (κ3) is 5.54. The first-order chi connectivity index (χ1) is 8.51. The molecule has 5 nitrogen and oxygen atoms in total. The average Bonchev–Trinajstić information content (AvgIpc) is 2.35. The molecule has 2 N–H and O–H groups in total. The van der Waals surface area contributed by atoms with Gasteiger partial charge in [0.1, 0.15) is 10.6 Å². The monoisotopic (exact) mass is 328 g/mol. The Morgan fingerprint density at radius 3 is 2.58 bits per heavy atom. The maximum absolute atomic E-state index is 12.0. The van der Waals surface area contributed by atoms with Crippen LogP contribution in [0.5, 0.6) is 5.75 Å². The molecule has 0 aromatic heterocycles. The van der Waals surface area contributed by atoms with Crippen molar-refractivity contribution >= 4 is 34.0 Å². The minimum absolute atomic E-state index is 0. The first kappa shape index (κ1) is 18.5. The molecule has 0 spiro atoms. The van der Waals surface area contributed by atoms with Crippen LogP contribution in [0.25, 0.3) is 0 Å². The topological polar surface area (TPSA) is 67.4 Å². The number of benzene rings is 1. The van der Waals surface area contributed by atoms with Gasteiger partial charge in [-0.2, -0.15) is 0 Å². The molecule has 110 valence electrons. The molecule has 0 aliphatic rings. The van der Waals surface area contributed by atoms with Gasteiger partial charge in [0, 0.05) is 12.6 Å². The zero-order valence-corrected chi connectivity index (χ0v) is 13.2. The number of halogens is 2. The molecule has 0 aliphatic carbocycles. The number of sulfonamides is 1. The van der Waals surface area contributed by atoms with E-state index in [9.17, 15) is 8.42 Å². The van der Waals surface area contributed by atoms with Gasteiger partial charge >= 0.3 is 0 Å². The van der Waals surface area contributed by atoms with Gasteiger partial charge in [-0.25, -0.2) is 13.1 Å². The van der Waals surface area contributed by atoms with Crippen LogP contribution in [0.4, 0.5) is 0 Å². The molecule has 19 heavy (non-hydrogen) atoms. The summed E-state index contributed by atoms with van der Waals surface area (Å²) >= 11 is 5.89. The van der Waals surface area contributed by atoms with E-state index in [2.05, 4.69) is 10.0 Å². The second kappa shape index (κ2) is 8.60. The minimum Gasteiger partial charge on any atom is -0.497 e. The molecular weight excluding hydrogens is 311 g/mol. The molecule has 0 saturated heterocycles. The van der Waals surface area contributed by atoms with E-state index in [0.717, 1.165) is 6.54 Å². The molecule has 0 unspecified atom stereocenters. The second-order valence-electron chi connectivity index (χ2n) is 3.65. The largest absolute Gasteiger partial charge is 0.497 e. The Balaban J connectivity index is 0.00000324. The van der Waals surface area contributed by atoms with E-state index in [4.69, 9.17) is 16.3 Å². The van der Waals surface area contributed by atoms with Gasteiger partial charge in [0.15, 0.2) is 0 Å². The molecule has 1 aromatic rings. The van der Waals surface area contributed by atoms with Crippen molar-refractivity contribution in [2.24, 2.45) is 0 Å². The van der Waals surface area contributed by atoms with E-state index in [1.54, 1.807) is 6.07 Å². The van der Waals surface area contributed by atoms with Crippen molar-refractivity contribution in [1.29, 1.82) is 0 Å². The molecule has 1 rings (SSSR count). The van der Waals surface area contributed by atoms with Crippen LogP contribution in [0.15, 0.2) is 23.1 Å². The Labute approximate surface area is 125 Å². The van der Waals surface area contributed by atoms with Crippen molar-refractivity contribution in [3.8, 4) is 5.75 Å². The Kier molecular flexibility index (Phi) is 8.36. The van der Waals surface area contributed by atoms with Crippen LogP contribution < -0.4 is 14.8 Å². The number of hydrogen-bond acceptors (Lipinski definition) is 4. The molecule has 0 aliphatic heterocycles. The summed E-state index contributed by atoms with van der Waals surface area (Å²) in [7, 11) is -0.309. The molecule has 8 heteroatoms. The predicted molar refractivity (Wildman–Crippen MR) is 79.0 cm³/mol. The fourth-order valence-corrected chi connectivity index (χ4v) is 2.95. The zero-order valence-electron chi connectivity index (χ0n) is 10.8. The van der Waals surface area contributed by atoms with E-state index < -0.39 is 10.0 Å². The maximum Gasteiger partial charge on any atom is 0.242 e. The molecule has 0 atom stereocenters. The lowest BCUT2D eigenvalue weighted by Crippen LogP contribution is -2.27. The van der Waals surface area contributed by atoms with Crippen LogP contribution in [0.2, 0.25) is 5.02 Å². The third-order valence-electron chi connectivity index (χ3n) is 2.32. The van der Waals surface area contributed by atoms with Crippen LogP contribution in [-0.2, 0) is 10.0 Å². The lowest BCUT2D eigenvalue weighted by molar-refractivity contribution is 0.413. The van der Waals surface area contributed by atoms with Crippen molar-refractivity contribution in [3.63, 3.8) is 0 Å². The first-order valence-electron chi connectivity index (χ1n) is 5.49. The maximum atomic E-state index is 12.0. The van der Waals surface area contributed by atoms with Crippen molar-refractivity contribution in [2.75, 3.05) is 27.2 Å². The van der Waals surface area contributed by atoms with Gasteiger partial charge in [-0.1, -0.05) is 11.6 Å². The van der Waals surface area contributed by atoms with Crippen molar-refractivity contribution in [3.05, 3.63) is 23.2 Å². The lowest BCUT2D eigenvalue weighted by atomic mass is 10.3. The molecule has 0 amide bonds. The highest BCUT2D eigenvalue weighted by molar-refractivity contribution is 7.89. The summed E-state index contributed by atoms with van der Waals surface area (Å²) in [6.07, 6.45) is 0.706. The molecule has 1 aromatic carbocycles. The van der Waals surface area contributed by atoms with E-state index >= 15 is 0 Å². The standard InChI is InChI=1S/C11H17ClN2O3S.ClH/c1-13-6-3-7-14-18(15,16)11-8-9(17-2)4-5-10(11)12;/h4-5,8,13-14H,3,6-7H2,1-2H3;1H. The first-order valence-corrected chi connectivity index (χ1v) is 7.35. The van der Waals surface area contributed by atoms with Crippen LogP contribution in [0, 0.1) is 0 Å². The van der Waals surface area contributed by atoms with Gasteiger partial charge in [-0.3, -0.25) is 0 Å². The van der Waals surface area contributed by atoms with Gasteiger partial charge < -0.3 is 10.1 Å². The lowest BCUT2D eigenvalue weighted by Gasteiger charge is -2.09. The van der Waals surface area contributed by atoms with Gasteiger partial charge in [-0.05, 0) is 32.1 Å². The molecule has 0 radical (unpaired) electrons. The van der Waals surface area contributed by atoms with Crippen molar-refractivity contribution in [2.45, 2.75) is 11.3 Å². The van der Waals surface area contributed by atoms with Crippen molar-refractivity contribution < 1.29 is 13.2 Å². The summed E-state index contributed by atoms with van der Waals surface area (Å²) in [5, 5.41) is 3.12. The van der Waals surface area contributed by atoms with E-state index in [1.807, 2.05) is 7.05 Å². The van der Waals surface area contributed by atoms with Crippen LogP contribution >= 0.6 is 24.0 Å². The predicted octanol–water partition coefficient (Wildman–Crippen LogP) is 1.66. The zero-order chi connectivity index (χ0) is 13.6. The molecule has 0 saturated carbocycles. The molecule has 0 bridgehead atoms. The highest BCUT2D eigenvalue weighted by Crippen LogP contribution is 2.25. The van der Waals surface area contributed by atoms with Crippen LogP contribution in [0.3, 0.4) is 0 Å². The number of nitrogens with one attached hydrogen (secondary N) is 2. The van der Waals surface area contributed by atoms with E-state index in [-0.39, 0.29) is 22.3 Å².